The number of hydrogen-bond acceptors (Lipinski definition) is 5. The molecule has 0 spiro atoms. The van der Waals surface area contributed by atoms with Crippen LogP contribution in [0, 0.1) is 0 Å². The van der Waals surface area contributed by atoms with Gasteiger partial charge in [0.2, 0.25) is 0 Å². The Morgan fingerprint density at radius 1 is 1.06 bits per heavy atom. The first-order chi connectivity index (χ1) is 16.1. The monoisotopic (exact) mass is 443 g/mol. The number of carboxylic acids is 1. The summed E-state index contributed by atoms with van der Waals surface area (Å²) in [6.07, 6.45) is 2.44. The first kappa shape index (κ1) is 20.9. The van der Waals surface area contributed by atoms with Gasteiger partial charge in [0.1, 0.15) is 18.4 Å². The molecule has 3 aromatic rings. The Labute approximate surface area is 192 Å². The van der Waals surface area contributed by atoms with Crippen LogP contribution in [0.2, 0.25) is 0 Å². The molecule has 0 radical (unpaired) electrons. The molecule has 5 rings (SSSR count). The number of hydrogen-bond donors (Lipinski definition) is 1. The van der Waals surface area contributed by atoms with Gasteiger partial charge in [0.15, 0.2) is 11.5 Å². The molecule has 6 nitrogen and oxygen atoms in total. The lowest BCUT2D eigenvalue weighted by Gasteiger charge is -2.41. The Hall–Kier alpha value is -3.93. The van der Waals surface area contributed by atoms with Gasteiger partial charge in [0.25, 0.3) is 0 Å². The maximum absolute atomic E-state index is 12.2. The highest BCUT2D eigenvalue weighted by atomic mass is 16.5. The van der Waals surface area contributed by atoms with Crippen molar-refractivity contribution in [1.29, 1.82) is 0 Å². The molecular formula is C27H25NO5. The van der Waals surface area contributed by atoms with Crippen LogP contribution in [0.25, 0.3) is 11.8 Å². The van der Waals surface area contributed by atoms with Crippen molar-refractivity contribution in [3.63, 3.8) is 0 Å². The van der Waals surface area contributed by atoms with Crippen molar-refractivity contribution in [2.24, 2.45) is 0 Å². The van der Waals surface area contributed by atoms with E-state index in [1.807, 2.05) is 71.6 Å². The summed E-state index contributed by atoms with van der Waals surface area (Å²) in [6, 6.07) is 19.1. The molecule has 33 heavy (non-hydrogen) atoms. The van der Waals surface area contributed by atoms with Gasteiger partial charge in [0, 0.05) is 29.8 Å². The number of benzene rings is 3. The van der Waals surface area contributed by atoms with Gasteiger partial charge in [-0.1, -0.05) is 36.4 Å². The maximum atomic E-state index is 12.2. The van der Waals surface area contributed by atoms with Crippen LogP contribution in [0.3, 0.4) is 0 Å². The van der Waals surface area contributed by atoms with Crippen LogP contribution in [0.15, 0.2) is 60.7 Å². The van der Waals surface area contributed by atoms with Crippen molar-refractivity contribution in [2.75, 3.05) is 14.2 Å². The lowest BCUT2D eigenvalue weighted by molar-refractivity contribution is -0.142. The van der Waals surface area contributed by atoms with Gasteiger partial charge in [0.05, 0.1) is 14.2 Å². The molecule has 168 valence electrons. The fourth-order valence-electron chi connectivity index (χ4n) is 4.66. The zero-order valence-corrected chi connectivity index (χ0v) is 18.6. The number of carbonyl (C=O) groups is 1. The Morgan fingerprint density at radius 2 is 1.88 bits per heavy atom. The van der Waals surface area contributed by atoms with Gasteiger partial charge in [-0.3, -0.25) is 0 Å². The van der Waals surface area contributed by atoms with Crippen LogP contribution in [0.5, 0.6) is 17.2 Å². The third-order valence-electron chi connectivity index (χ3n) is 6.29. The third-order valence-corrected chi connectivity index (χ3v) is 6.29. The molecule has 0 saturated carbocycles. The fraction of sp³-hybridized carbons (Fsp3) is 0.222. The predicted molar refractivity (Wildman–Crippen MR) is 125 cm³/mol. The van der Waals surface area contributed by atoms with Crippen molar-refractivity contribution in [3.8, 4) is 17.2 Å². The van der Waals surface area contributed by atoms with Crippen molar-refractivity contribution in [3.05, 3.63) is 88.5 Å². The molecule has 2 aliphatic rings. The fourth-order valence-corrected chi connectivity index (χ4v) is 4.66. The molecule has 3 aromatic carbocycles. The van der Waals surface area contributed by atoms with E-state index in [1.54, 1.807) is 14.2 Å². The molecule has 0 saturated heterocycles. The number of carboxylic acid groups (broad SMARTS) is 1. The number of fused-ring (bicyclic) bond motifs is 4. The Bertz CT molecular complexity index is 1230. The number of nitrogens with zero attached hydrogens (tertiary/aromatic N) is 1. The maximum Gasteiger partial charge on any atom is 0.326 e. The van der Waals surface area contributed by atoms with Crippen molar-refractivity contribution in [2.45, 2.75) is 25.6 Å². The molecule has 0 aromatic heterocycles. The second kappa shape index (κ2) is 8.54. The predicted octanol–water partition coefficient (Wildman–Crippen LogP) is 4.61. The summed E-state index contributed by atoms with van der Waals surface area (Å²) in [4.78, 5) is 14.2. The SMILES string of the molecule is COc1ccc2c(c1OC)CN1C(=C2)c2ccc(OCc3ccccc3)cc2CC1C(=O)O. The molecule has 1 atom stereocenters. The molecule has 2 aliphatic heterocycles. The van der Waals surface area contributed by atoms with E-state index < -0.39 is 12.0 Å². The van der Waals surface area contributed by atoms with E-state index in [1.165, 1.54) is 0 Å². The highest BCUT2D eigenvalue weighted by molar-refractivity contribution is 5.90. The number of methoxy groups -OCH3 is 2. The third kappa shape index (κ3) is 3.78. The largest absolute Gasteiger partial charge is 0.493 e. The summed E-state index contributed by atoms with van der Waals surface area (Å²) < 4.78 is 17.0. The minimum atomic E-state index is -0.854. The second-order valence-corrected chi connectivity index (χ2v) is 8.18. The highest BCUT2D eigenvalue weighted by Gasteiger charge is 2.37. The smallest absolute Gasteiger partial charge is 0.326 e. The van der Waals surface area contributed by atoms with Crippen molar-refractivity contribution < 1.29 is 24.1 Å². The standard InChI is InChI=1S/C27H25NO5/c1-31-25-11-8-18-13-23-21-10-9-20(33-16-17-6-4-3-5-7-17)12-19(21)14-24(27(29)30)28(23)15-22(18)26(25)32-2/h3-13,24H,14-16H2,1-2H3,(H,29,30). The molecule has 1 unspecified atom stereocenters. The van der Waals surface area contributed by atoms with E-state index in [2.05, 4.69) is 0 Å². The van der Waals surface area contributed by atoms with Crippen LogP contribution >= 0.6 is 0 Å². The summed E-state index contributed by atoms with van der Waals surface area (Å²) in [6.45, 7) is 0.899. The molecule has 1 N–H and O–H groups in total. The average Bonchev–Trinajstić information content (AvgIpc) is 2.85. The molecule has 2 heterocycles. The van der Waals surface area contributed by atoms with Gasteiger partial charge < -0.3 is 24.2 Å². The molecule has 0 aliphatic carbocycles. The van der Waals surface area contributed by atoms with Crippen LogP contribution in [-0.2, 0) is 24.4 Å². The van der Waals surface area contributed by atoms with Crippen LogP contribution in [0.4, 0.5) is 0 Å². The van der Waals surface area contributed by atoms with E-state index in [4.69, 9.17) is 14.2 Å². The quantitative estimate of drug-likeness (QED) is 0.600. The zero-order chi connectivity index (χ0) is 22.9. The van der Waals surface area contributed by atoms with E-state index >= 15 is 0 Å². The Kier molecular flexibility index (Phi) is 5.42. The van der Waals surface area contributed by atoms with Gasteiger partial charge in [-0.25, -0.2) is 4.79 Å². The molecule has 6 heteroatoms. The molecule has 0 fully saturated rings. The number of rotatable bonds is 6. The summed E-state index contributed by atoms with van der Waals surface area (Å²) in [5, 5.41) is 10.0. The van der Waals surface area contributed by atoms with Gasteiger partial charge in [-0.2, -0.15) is 0 Å². The van der Waals surface area contributed by atoms with Crippen LogP contribution < -0.4 is 14.2 Å². The van der Waals surface area contributed by atoms with E-state index in [0.717, 1.165) is 39.3 Å². The van der Waals surface area contributed by atoms with Gasteiger partial charge in [-0.15, -0.1) is 0 Å². The van der Waals surface area contributed by atoms with Crippen molar-refractivity contribution in [1.82, 2.24) is 4.90 Å². The second-order valence-electron chi connectivity index (χ2n) is 8.18. The lowest BCUT2D eigenvalue weighted by atomic mass is 9.86. The van der Waals surface area contributed by atoms with Crippen LogP contribution in [0.1, 0.15) is 27.8 Å². The minimum absolute atomic E-state index is 0.395. The normalized spacial score (nSPS) is 16.1. The Morgan fingerprint density at radius 3 is 2.61 bits per heavy atom. The number of aliphatic carboxylic acids is 1. The minimum Gasteiger partial charge on any atom is -0.493 e. The van der Waals surface area contributed by atoms with Crippen molar-refractivity contribution >= 4 is 17.7 Å². The van der Waals surface area contributed by atoms with E-state index in [-0.39, 0.29) is 0 Å². The first-order valence-electron chi connectivity index (χ1n) is 10.8. The topological polar surface area (TPSA) is 68.2 Å². The first-order valence-corrected chi connectivity index (χ1v) is 10.8. The molecule has 0 bridgehead atoms. The summed E-state index contributed by atoms with van der Waals surface area (Å²) in [7, 11) is 3.21. The summed E-state index contributed by atoms with van der Waals surface area (Å²) in [5.74, 6) is 1.16. The highest BCUT2D eigenvalue weighted by Crippen LogP contribution is 2.44. The van der Waals surface area contributed by atoms with Crippen LogP contribution in [-0.4, -0.2) is 36.2 Å². The number of ether oxygens (including phenoxy) is 3. The van der Waals surface area contributed by atoms with Gasteiger partial charge in [-0.05, 0) is 47.0 Å². The lowest BCUT2D eigenvalue weighted by Crippen LogP contribution is -2.45. The summed E-state index contributed by atoms with van der Waals surface area (Å²) in [5.41, 5.74) is 5.91. The molecule has 0 amide bonds. The van der Waals surface area contributed by atoms with E-state index in [0.29, 0.717) is 31.1 Å². The van der Waals surface area contributed by atoms with Gasteiger partial charge >= 0.3 is 5.97 Å². The Balaban J connectivity index is 1.53. The zero-order valence-electron chi connectivity index (χ0n) is 18.6. The average molecular weight is 443 g/mol. The molecular weight excluding hydrogens is 418 g/mol. The summed E-state index contributed by atoms with van der Waals surface area (Å²) >= 11 is 0. The van der Waals surface area contributed by atoms with E-state index in [9.17, 15) is 9.90 Å².